The molecule has 1 aliphatic rings. The molecular formula is C15H28N2O3. The maximum absolute atomic E-state index is 11.8. The lowest BCUT2D eigenvalue weighted by molar-refractivity contribution is -0.137. The molecule has 1 saturated carbocycles. The van der Waals surface area contributed by atoms with E-state index in [1.54, 1.807) is 0 Å². The van der Waals surface area contributed by atoms with Crippen molar-refractivity contribution in [3.8, 4) is 0 Å². The third-order valence-electron chi connectivity index (χ3n) is 4.38. The molecule has 2 amide bonds. The van der Waals surface area contributed by atoms with Crippen molar-refractivity contribution in [3.63, 3.8) is 0 Å². The molecule has 5 nitrogen and oxygen atoms in total. The summed E-state index contributed by atoms with van der Waals surface area (Å²) in [5, 5.41) is 14.4. The predicted octanol–water partition coefficient (Wildman–Crippen LogP) is 2.76. The zero-order chi connectivity index (χ0) is 15.0. The van der Waals surface area contributed by atoms with Gasteiger partial charge in [0.15, 0.2) is 0 Å². The first-order chi connectivity index (χ1) is 9.50. The summed E-state index contributed by atoms with van der Waals surface area (Å²) >= 11 is 0. The monoisotopic (exact) mass is 284 g/mol. The van der Waals surface area contributed by atoms with Crippen molar-refractivity contribution in [3.05, 3.63) is 0 Å². The number of rotatable bonds is 7. The van der Waals surface area contributed by atoms with Crippen LogP contribution in [-0.2, 0) is 4.79 Å². The number of carbonyl (C=O) groups is 2. The van der Waals surface area contributed by atoms with Crippen LogP contribution in [0.1, 0.15) is 58.8 Å². The molecule has 1 aliphatic carbocycles. The first kappa shape index (κ1) is 16.8. The van der Waals surface area contributed by atoms with Crippen molar-refractivity contribution in [2.75, 3.05) is 6.54 Å². The lowest BCUT2D eigenvalue weighted by Gasteiger charge is -2.34. The fourth-order valence-corrected chi connectivity index (χ4v) is 2.79. The number of carboxylic acid groups (broad SMARTS) is 1. The van der Waals surface area contributed by atoms with Crippen molar-refractivity contribution < 1.29 is 14.7 Å². The van der Waals surface area contributed by atoms with Crippen molar-refractivity contribution in [2.24, 2.45) is 11.8 Å². The standard InChI is InChI=1S/C15H28N2O3/c1-11-7-6-8-13(12(11)2)17-15(20)16-10-5-3-4-9-14(18)19/h11-13H,3-10H2,1-2H3,(H,18,19)(H2,16,17,20). The van der Waals surface area contributed by atoms with Gasteiger partial charge in [0.2, 0.25) is 0 Å². The first-order valence-corrected chi connectivity index (χ1v) is 7.77. The molecule has 0 aromatic heterocycles. The molecule has 0 radical (unpaired) electrons. The molecule has 116 valence electrons. The van der Waals surface area contributed by atoms with Crippen molar-refractivity contribution in [1.29, 1.82) is 0 Å². The van der Waals surface area contributed by atoms with E-state index in [0.29, 0.717) is 24.8 Å². The molecule has 0 aromatic carbocycles. The third kappa shape index (κ3) is 6.26. The summed E-state index contributed by atoms with van der Waals surface area (Å²) in [6.07, 6.45) is 6.06. The van der Waals surface area contributed by atoms with Gasteiger partial charge in [-0.25, -0.2) is 4.79 Å². The van der Waals surface area contributed by atoms with E-state index in [0.717, 1.165) is 19.3 Å². The summed E-state index contributed by atoms with van der Waals surface area (Å²) in [5.74, 6) is 0.450. The van der Waals surface area contributed by atoms with E-state index in [2.05, 4.69) is 24.5 Å². The van der Waals surface area contributed by atoms with Crippen LogP contribution in [0, 0.1) is 11.8 Å². The van der Waals surface area contributed by atoms with Gasteiger partial charge in [-0.3, -0.25) is 4.79 Å². The number of hydrogen-bond acceptors (Lipinski definition) is 2. The molecule has 0 heterocycles. The minimum Gasteiger partial charge on any atom is -0.481 e. The van der Waals surface area contributed by atoms with Crippen molar-refractivity contribution in [1.82, 2.24) is 10.6 Å². The Morgan fingerprint density at radius 2 is 1.90 bits per heavy atom. The summed E-state index contributed by atoms with van der Waals surface area (Å²) < 4.78 is 0. The molecule has 1 fully saturated rings. The highest BCUT2D eigenvalue weighted by Gasteiger charge is 2.27. The van der Waals surface area contributed by atoms with Crippen LogP contribution in [0.2, 0.25) is 0 Å². The van der Waals surface area contributed by atoms with Crippen LogP contribution in [0.3, 0.4) is 0 Å². The molecular weight excluding hydrogens is 256 g/mol. The number of hydrogen-bond donors (Lipinski definition) is 3. The van der Waals surface area contributed by atoms with Crippen molar-refractivity contribution in [2.45, 2.75) is 64.8 Å². The van der Waals surface area contributed by atoms with Crippen LogP contribution in [0.4, 0.5) is 4.79 Å². The average Bonchev–Trinajstić information content (AvgIpc) is 2.39. The molecule has 0 aliphatic heterocycles. The molecule has 5 heteroatoms. The van der Waals surface area contributed by atoms with Gasteiger partial charge in [-0.05, 0) is 31.1 Å². The van der Waals surface area contributed by atoms with Crippen LogP contribution in [0.25, 0.3) is 0 Å². The SMILES string of the molecule is CC1CCCC(NC(=O)NCCCCCC(=O)O)C1C. The number of urea groups is 1. The molecule has 3 N–H and O–H groups in total. The average molecular weight is 284 g/mol. The second kappa shape index (κ2) is 8.82. The van der Waals surface area contributed by atoms with Crippen molar-refractivity contribution >= 4 is 12.0 Å². The van der Waals surface area contributed by atoms with Crippen LogP contribution in [0.5, 0.6) is 0 Å². The Hall–Kier alpha value is -1.26. The Bertz CT molecular complexity index is 320. The van der Waals surface area contributed by atoms with Gasteiger partial charge < -0.3 is 15.7 Å². The highest BCUT2D eigenvalue weighted by molar-refractivity contribution is 5.74. The van der Waals surface area contributed by atoms with E-state index in [1.807, 2.05) is 0 Å². The fourth-order valence-electron chi connectivity index (χ4n) is 2.79. The molecule has 0 bridgehead atoms. The summed E-state index contributed by atoms with van der Waals surface area (Å²) in [6, 6.07) is 0.194. The molecule has 0 spiro atoms. The number of aliphatic carboxylic acids is 1. The largest absolute Gasteiger partial charge is 0.481 e. The van der Waals surface area contributed by atoms with E-state index in [4.69, 9.17) is 5.11 Å². The number of amides is 2. The lowest BCUT2D eigenvalue weighted by Crippen LogP contribution is -2.48. The molecule has 1 rings (SSSR count). The first-order valence-electron chi connectivity index (χ1n) is 7.77. The summed E-state index contributed by atoms with van der Waals surface area (Å²) in [4.78, 5) is 22.1. The van der Waals surface area contributed by atoms with Gasteiger partial charge in [-0.2, -0.15) is 0 Å². The number of carboxylic acids is 1. The number of nitrogens with one attached hydrogen (secondary N) is 2. The van der Waals surface area contributed by atoms with Gasteiger partial charge >= 0.3 is 12.0 Å². The maximum Gasteiger partial charge on any atom is 0.315 e. The molecule has 0 saturated heterocycles. The highest BCUT2D eigenvalue weighted by Crippen LogP contribution is 2.29. The van der Waals surface area contributed by atoms with Gasteiger partial charge in [0.25, 0.3) is 0 Å². The molecule has 3 atom stereocenters. The van der Waals surface area contributed by atoms with Gasteiger partial charge in [0, 0.05) is 19.0 Å². The summed E-state index contributed by atoms with van der Waals surface area (Å²) in [5.41, 5.74) is 0. The topological polar surface area (TPSA) is 78.4 Å². The zero-order valence-electron chi connectivity index (χ0n) is 12.7. The minimum absolute atomic E-state index is 0.0887. The Morgan fingerprint density at radius 1 is 1.15 bits per heavy atom. The highest BCUT2D eigenvalue weighted by atomic mass is 16.4. The maximum atomic E-state index is 11.8. The quantitative estimate of drug-likeness (QED) is 0.629. The van der Waals surface area contributed by atoms with Gasteiger partial charge in [-0.15, -0.1) is 0 Å². The van der Waals surface area contributed by atoms with E-state index in [1.165, 1.54) is 12.8 Å². The normalized spacial score (nSPS) is 26.0. The Morgan fingerprint density at radius 3 is 2.60 bits per heavy atom. The van der Waals surface area contributed by atoms with Crippen LogP contribution in [-0.4, -0.2) is 29.7 Å². The smallest absolute Gasteiger partial charge is 0.315 e. The van der Waals surface area contributed by atoms with Gasteiger partial charge in [0.05, 0.1) is 0 Å². The molecule has 0 aromatic rings. The number of unbranched alkanes of at least 4 members (excludes halogenated alkanes) is 2. The van der Waals surface area contributed by atoms with E-state index in [-0.39, 0.29) is 18.5 Å². The second-order valence-corrected chi connectivity index (χ2v) is 5.98. The Labute approximate surface area is 121 Å². The molecule has 20 heavy (non-hydrogen) atoms. The van der Waals surface area contributed by atoms with Crippen LogP contribution < -0.4 is 10.6 Å². The minimum atomic E-state index is -0.754. The summed E-state index contributed by atoms with van der Waals surface area (Å²) in [6.45, 7) is 5.07. The lowest BCUT2D eigenvalue weighted by atomic mass is 9.78. The van der Waals surface area contributed by atoms with E-state index in [9.17, 15) is 9.59 Å². The Kier molecular flexibility index (Phi) is 7.41. The predicted molar refractivity (Wildman–Crippen MR) is 78.6 cm³/mol. The third-order valence-corrected chi connectivity index (χ3v) is 4.38. The summed E-state index contributed by atoms with van der Waals surface area (Å²) in [7, 11) is 0. The zero-order valence-corrected chi connectivity index (χ0v) is 12.7. The number of carbonyl (C=O) groups excluding carboxylic acids is 1. The van der Waals surface area contributed by atoms with Crippen LogP contribution in [0.15, 0.2) is 0 Å². The van der Waals surface area contributed by atoms with E-state index >= 15 is 0 Å². The second-order valence-electron chi connectivity index (χ2n) is 5.98. The van der Waals surface area contributed by atoms with Crippen LogP contribution >= 0.6 is 0 Å². The van der Waals surface area contributed by atoms with Gasteiger partial charge in [-0.1, -0.05) is 33.1 Å². The van der Waals surface area contributed by atoms with E-state index < -0.39 is 5.97 Å². The fraction of sp³-hybridized carbons (Fsp3) is 0.867. The van der Waals surface area contributed by atoms with Gasteiger partial charge in [0.1, 0.15) is 0 Å². The Balaban J connectivity index is 2.09. The molecule has 3 unspecified atom stereocenters.